The van der Waals surface area contributed by atoms with Crippen LogP contribution in [0.25, 0.3) is 11.3 Å². The molecule has 0 aliphatic carbocycles. The summed E-state index contributed by atoms with van der Waals surface area (Å²) in [5, 5.41) is 13.6. The first-order chi connectivity index (χ1) is 22.3. The SMILES string of the molecule is CCOc1cc(/C=N\NC(=O)c2ccc(-c3csc(Nc4ccc(Cl)cc4)n3)cc2)ccc1OCC(=O)Nc1ccc(C)cc1C. The van der Waals surface area contributed by atoms with Crippen molar-refractivity contribution in [1.29, 1.82) is 0 Å². The molecular weight excluding hydrogens is 622 g/mol. The summed E-state index contributed by atoms with van der Waals surface area (Å²) in [6, 6.07) is 25.5. The molecule has 0 radical (unpaired) electrons. The first-order valence-corrected chi connectivity index (χ1v) is 15.7. The summed E-state index contributed by atoms with van der Waals surface area (Å²) in [7, 11) is 0. The number of benzene rings is 4. The first-order valence-electron chi connectivity index (χ1n) is 14.5. The highest BCUT2D eigenvalue weighted by atomic mass is 35.5. The fraction of sp³-hybridized carbons (Fsp3) is 0.143. The van der Waals surface area contributed by atoms with Crippen LogP contribution in [-0.4, -0.2) is 36.2 Å². The predicted octanol–water partition coefficient (Wildman–Crippen LogP) is 8.00. The Balaban J connectivity index is 1.14. The molecule has 0 atom stereocenters. The molecule has 1 heterocycles. The van der Waals surface area contributed by atoms with Crippen molar-refractivity contribution in [1.82, 2.24) is 10.4 Å². The molecule has 0 aliphatic rings. The average molecular weight is 654 g/mol. The zero-order chi connectivity index (χ0) is 32.5. The third-order valence-corrected chi connectivity index (χ3v) is 7.71. The molecule has 234 valence electrons. The minimum absolute atomic E-state index is 0.181. The number of nitrogens with zero attached hydrogens (tertiary/aromatic N) is 2. The first kappa shape index (κ1) is 32.2. The molecule has 5 aromatic rings. The van der Waals surface area contributed by atoms with Gasteiger partial charge in [-0.25, -0.2) is 10.4 Å². The van der Waals surface area contributed by atoms with E-state index in [0.29, 0.717) is 34.3 Å². The van der Waals surface area contributed by atoms with Crippen LogP contribution in [0.4, 0.5) is 16.5 Å². The number of hydrogen-bond donors (Lipinski definition) is 3. The van der Waals surface area contributed by atoms with Gasteiger partial charge in [-0.15, -0.1) is 11.3 Å². The van der Waals surface area contributed by atoms with E-state index in [1.165, 1.54) is 17.6 Å². The zero-order valence-corrected chi connectivity index (χ0v) is 27.0. The van der Waals surface area contributed by atoms with Crippen LogP contribution in [0.1, 0.15) is 34.0 Å². The van der Waals surface area contributed by atoms with Crippen molar-refractivity contribution in [3.05, 3.63) is 118 Å². The zero-order valence-electron chi connectivity index (χ0n) is 25.5. The lowest BCUT2D eigenvalue weighted by Crippen LogP contribution is -2.21. The maximum atomic E-state index is 12.7. The number of hydrogen-bond acceptors (Lipinski definition) is 8. The molecule has 9 nitrogen and oxygen atoms in total. The van der Waals surface area contributed by atoms with Crippen LogP contribution in [0.2, 0.25) is 5.02 Å². The van der Waals surface area contributed by atoms with Crippen molar-refractivity contribution in [3.63, 3.8) is 0 Å². The molecule has 0 saturated carbocycles. The normalized spacial score (nSPS) is 10.9. The van der Waals surface area contributed by atoms with Gasteiger partial charge in [-0.2, -0.15) is 5.10 Å². The van der Waals surface area contributed by atoms with E-state index < -0.39 is 0 Å². The third-order valence-electron chi connectivity index (χ3n) is 6.70. The fourth-order valence-corrected chi connectivity index (χ4v) is 5.28. The number of aryl methyl sites for hydroxylation is 2. The number of nitrogens with one attached hydrogen (secondary N) is 3. The summed E-state index contributed by atoms with van der Waals surface area (Å²) >= 11 is 7.44. The Bertz CT molecular complexity index is 1860. The Morgan fingerprint density at radius 2 is 1.72 bits per heavy atom. The van der Waals surface area contributed by atoms with E-state index in [-0.39, 0.29) is 18.4 Å². The van der Waals surface area contributed by atoms with Gasteiger partial charge in [0.25, 0.3) is 11.8 Å². The smallest absolute Gasteiger partial charge is 0.271 e. The summed E-state index contributed by atoms with van der Waals surface area (Å²) in [5.74, 6) is 0.248. The largest absolute Gasteiger partial charge is 0.490 e. The number of aromatic nitrogens is 1. The molecule has 46 heavy (non-hydrogen) atoms. The topological polar surface area (TPSA) is 114 Å². The highest BCUT2D eigenvalue weighted by Crippen LogP contribution is 2.29. The van der Waals surface area contributed by atoms with Crippen molar-refractivity contribution in [2.45, 2.75) is 20.8 Å². The quantitative estimate of drug-likeness (QED) is 0.0929. The Morgan fingerprint density at radius 1 is 0.935 bits per heavy atom. The number of amides is 2. The van der Waals surface area contributed by atoms with Crippen LogP contribution in [0.3, 0.4) is 0 Å². The lowest BCUT2D eigenvalue weighted by Gasteiger charge is -2.13. The number of halogens is 1. The minimum Gasteiger partial charge on any atom is -0.490 e. The Morgan fingerprint density at radius 3 is 2.46 bits per heavy atom. The van der Waals surface area contributed by atoms with Crippen LogP contribution < -0.4 is 25.5 Å². The van der Waals surface area contributed by atoms with Gasteiger partial charge in [0.05, 0.1) is 18.5 Å². The molecule has 5 rings (SSSR count). The van der Waals surface area contributed by atoms with Crippen molar-refractivity contribution < 1.29 is 19.1 Å². The molecular formula is C35H32ClN5O4S. The van der Waals surface area contributed by atoms with E-state index in [2.05, 4.69) is 26.1 Å². The molecule has 0 spiro atoms. The molecule has 0 unspecified atom stereocenters. The average Bonchev–Trinajstić information content (AvgIpc) is 3.52. The Labute approximate surface area is 276 Å². The van der Waals surface area contributed by atoms with E-state index in [1.807, 2.05) is 80.7 Å². The molecule has 3 N–H and O–H groups in total. The Kier molecular flexibility index (Phi) is 10.6. The van der Waals surface area contributed by atoms with Crippen molar-refractivity contribution in [2.75, 3.05) is 23.8 Å². The van der Waals surface area contributed by atoms with Gasteiger partial charge in [-0.1, -0.05) is 41.4 Å². The van der Waals surface area contributed by atoms with Gasteiger partial charge in [-0.3, -0.25) is 9.59 Å². The number of thiazole rings is 1. The second-order valence-electron chi connectivity index (χ2n) is 10.2. The number of rotatable bonds is 12. The second-order valence-corrected chi connectivity index (χ2v) is 11.5. The number of ether oxygens (including phenoxy) is 2. The highest BCUT2D eigenvalue weighted by Gasteiger charge is 2.12. The van der Waals surface area contributed by atoms with E-state index in [1.54, 1.807) is 30.3 Å². The highest BCUT2D eigenvalue weighted by molar-refractivity contribution is 7.14. The summed E-state index contributed by atoms with van der Waals surface area (Å²) in [6.45, 7) is 6.02. The number of hydrazone groups is 1. The molecule has 2 amide bonds. The van der Waals surface area contributed by atoms with Crippen LogP contribution in [-0.2, 0) is 4.79 Å². The summed E-state index contributed by atoms with van der Waals surface area (Å²) in [4.78, 5) is 29.8. The molecule has 0 fully saturated rings. The van der Waals surface area contributed by atoms with Crippen LogP contribution in [0, 0.1) is 13.8 Å². The van der Waals surface area contributed by atoms with Crippen molar-refractivity contribution in [2.24, 2.45) is 5.10 Å². The molecule has 4 aromatic carbocycles. The molecule has 1 aromatic heterocycles. The standard InChI is InChI=1S/C35H32ClN5O4S/c1-4-44-32-18-24(6-16-31(32)45-20-33(42)39-29-15-5-22(2)17-23(29)3)19-37-41-34(43)26-9-7-25(8-10-26)30-21-46-35(40-30)38-28-13-11-27(36)12-14-28/h5-19,21H,4,20H2,1-3H3,(H,38,40)(H,39,42)(H,41,43)/b37-19-. The van der Waals surface area contributed by atoms with Gasteiger partial charge in [0.2, 0.25) is 0 Å². The summed E-state index contributed by atoms with van der Waals surface area (Å²) in [6.07, 6.45) is 1.51. The molecule has 0 aliphatic heterocycles. The second kappa shape index (κ2) is 15.2. The number of anilines is 3. The van der Waals surface area contributed by atoms with Crippen LogP contribution >= 0.6 is 22.9 Å². The van der Waals surface area contributed by atoms with E-state index in [0.717, 1.165) is 38.9 Å². The van der Waals surface area contributed by atoms with Crippen LogP contribution in [0.15, 0.2) is 95.4 Å². The van der Waals surface area contributed by atoms with Gasteiger partial charge in [0.1, 0.15) is 0 Å². The van der Waals surface area contributed by atoms with Crippen molar-refractivity contribution >= 4 is 57.5 Å². The van der Waals surface area contributed by atoms with Gasteiger partial charge in [0, 0.05) is 32.9 Å². The number of carbonyl (C=O) groups is 2. The molecule has 0 bridgehead atoms. The van der Waals surface area contributed by atoms with E-state index in [9.17, 15) is 9.59 Å². The van der Waals surface area contributed by atoms with Gasteiger partial charge in [0.15, 0.2) is 23.2 Å². The lowest BCUT2D eigenvalue weighted by molar-refractivity contribution is -0.118. The third kappa shape index (κ3) is 8.71. The lowest BCUT2D eigenvalue weighted by atomic mass is 10.1. The maximum absolute atomic E-state index is 12.7. The molecule has 0 saturated heterocycles. The van der Waals surface area contributed by atoms with Gasteiger partial charge in [-0.05, 0) is 92.6 Å². The monoisotopic (exact) mass is 653 g/mol. The van der Waals surface area contributed by atoms with Gasteiger partial charge >= 0.3 is 0 Å². The summed E-state index contributed by atoms with van der Waals surface area (Å²) in [5.41, 5.74) is 9.10. The van der Waals surface area contributed by atoms with E-state index in [4.69, 9.17) is 21.1 Å². The Hall–Kier alpha value is -5.19. The number of carbonyl (C=O) groups excluding carboxylic acids is 2. The summed E-state index contributed by atoms with van der Waals surface area (Å²) < 4.78 is 11.5. The predicted molar refractivity (Wildman–Crippen MR) is 185 cm³/mol. The van der Waals surface area contributed by atoms with Crippen LogP contribution in [0.5, 0.6) is 11.5 Å². The molecule has 11 heteroatoms. The minimum atomic E-state index is -0.356. The fourth-order valence-electron chi connectivity index (χ4n) is 4.42. The maximum Gasteiger partial charge on any atom is 0.271 e. The van der Waals surface area contributed by atoms with E-state index >= 15 is 0 Å². The van der Waals surface area contributed by atoms with Gasteiger partial charge < -0.3 is 20.1 Å². The van der Waals surface area contributed by atoms with Crippen molar-refractivity contribution in [3.8, 4) is 22.8 Å².